The van der Waals surface area contributed by atoms with Gasteiger partial charge in [0.05, 0.1) is 13.2 Å². The smallest absolute Gasteiger partial charge is 0.341 e. The predicted octanol–water partition coefficient (Wildman–Crippen LogP) is 3.20. The van der Waals surface area contributed by atoms with Gasteiger partial charge in [-0.1, -0.05) is 6.07 Å². The molecule has 2 N–H and O–H groups in total. The highest BCUT2D eigenvalue weighted by Crippen LogP contribution is 2.29. The Labute approximate surface area is 151 Å². The lowest BCUT2D eigenvalue weighted by molar-refractivity contribution is -0.139. The molecule has 0 atom stereocenters. The van der Waals surface area contributed by atoms with Gasteiger partial charge in [0.2, 0.25) is 0 Å². The number of carboxylic acid groups (broad SMARTS) is 1. The highest BCUT2D eigenvalue weighted by molar-refractivity contribution is 6.04. The van der Waals surface area contributed by atoms with E-state index in [9.17, 15) is 9.59 Å². The van der Waals surface area contributed by atoms with E-state index < -0.39 is 12.6 Å². The van der Waals surface area contributed by atoms with Crippen LogP contribution in [0, 0.1) is 0 Å². The van der Waals surface area contributed by atoms with Crippen LogP contribution in [0.4, 0.5) is 5.69 Å². The molecule has 0 saturated heterocycles. The number of hydrogen-bond donors (Lipinski definition) is 2. The Bertz CT molecular complexity index is 774. The molecule has 2 aromatic carbocycles. The fourth-order valence-electron chi connectivity index (χ4n) is 2.20. The van der Waals surface area contributed by atoms with E-state index in [1.165, 1.54) is 0 Å². The number of aliphatic carboxylic acids is 1. The van der Waals surface area contributed by atoms with Gasteiger partial charge in [0, 0.05) is 17.3 Å². The molecular formula is C19H21NO6. The van der Waals surface area contributed by atoms with Crippen LogP contribution < -0.4 is 19.5 Å². The zero-order chi connectivity index (χ0) is 18.9. The fraction of sp³-hybridized carbons (Fsp3) is 0.263. The molecule has 0 unspecified atom stereocenters. The minimum Gasteiger partial charge on any atom is -0.490 e. The molecule has 0 heterocycles. The van der Waals surface area contributed by atoms with E-state index in [1.54, 1.807) is 42.5 Å². The molecule has 0 saturated carbocycles. The quantitative estimate of drug-likeness (QED) is 0.714. The van der Waals surface area contributed by atoms with Crippen LogP contribution in [-0.4, -0.2) is 36.8 Å². The maximum atomic E-state index is 12.5. The van der Waals surface area contributed by atoms with Crippen LogP contribution >= 0.6 is 0 Å². The largest absolute Gasteiger partial charge is 0.490 e. The Morgan fingerprint density at radius 1 is 0.962 bits per heavy atom. The van der Waals surface area contributed by atoms with Gasteiger partial charge in [0.25, 0.3) is 5.91 Å². The summed E-state index contributed by atoms with van der Waals surface area (Å²) in [5.74, 6) is 0.0316. The number of carbonyl (C=O) groups excluding carboxylic acids is 1. The van der Waals surface area contributed by atoms with E-state index in [1.807, 2.05) is 13.8 Å². The third-order valence-corrected chi connectivity index (χ3v) is 3.26. The van der Waals surface area contributed by atoms with Crippen molar-refractivity contribution in [3.63, 3.8) is 0 Å². The lowest BCUT2D eigenvalue weighted by Crippen LogP contribution is -2.13. The second kappa shape index (κ2) is 9.31. The SMILES string of the molecule is CCOc1ccc(C(=O)Nc2cccc(OCC(=O)O)c2)cc1OCC. The molecule has 7 heteroatoms. The number of anilines is 1. The Morgan fingerprint density at radius 3 is 2.38 bits per heavy atom. The van der Waals surface area contributed by atoms with E-state index in [-0.39, 0.29) is 5.91 Å². The molecule has 26 heavy (non-hydrogen) atoms. The van der Waals surface area contributed by atoms with E-state index in [2.05, 4.69) is 5.32 Å². The molecule has 0 radical (unpaired) electrons. The maximum absolute atomic E-state index is 12.5. The minimum atomic E-state index is -1.07. The Hall–Kier alpha value is -3.22. The second-order valence-corrected chi connectivity index (χ2v) is 5.19. The number of carboxylic acids is 1. The molecule has 0 aliphatic heterocycles. The summed E-state index contributed by atoms with van der Waals surface area (Å²) in [6.07, 6.45) is 0. The number of ether oxygens (including phenoxy) is 3. The van der Waals surface area contributed by atoms with Crippen LogP contribution in [-0.2, 0) is 4.79 Å². The van der Waals surface area contributed by atoms with Gasteiger partial charge in [0.1, 0.15) is 5.75 Å². The number of amides is 1. The van der Waals surface area contributed by atoms with Crippen LogP contribution in [0.1, 0.15) is 24.2 Å². The van der Waals surface area contributed by atoms with Crippen LogP contribution in [0.15, 0.2) is 42.5 Å². The van der Waals surface area contributed by atoms with Crippen molar-refractivity contribution < 1.29 is 28.9 Å². The molecular weight excluding hydrogens is 338 g/mol. The number of hydrogen-bond acceptors (Lipinski definition) is 5. The zero-order valence-electron chi connectivity index (χ0n) is 14.7. The van der Waals surface area contributed by atoms with Gasteiger partial charge in [-0.15, -0.1) is 0 Å². The summed E-state index contributed by atoms with van der Waals surface area (Å²) in [5, 5.41) is 11.4. The summed E-state index contributed by atoms with van der Waals surface area (Å²) in [4.78, 5) is 23.0. The molecule has 1 amide bonds. The van der Waals surface area contributed by atoms with Gasteiger partial charge in [-0.25, -0.2) is 4.79 Å². The van der Waals surface area contributed by atoms with Crippen LogP contribution in [0.3, 0.4) is 0 Å². The van der Waals surface area contributed by atoms with Crippen molar-refractivity contribution in [3.8, 4) is 17.2 Å². The normalized spacial score (nSPS) is 10.1. The first kappa shape index (κ1) is 19.1. The first-order valence-electron chi connectivity index (χ1n) is 8.19. The molecule has 2 aromatic rings. The molecule has 2 rings (SSSR count). The second-order valence-electron chi connectivity index (χ2n) is 5.19. The van der Waals surface area contributed by atoms with Gasteiger partial charge < -0.3 is 24.6 Å². The molecule has 0 fully saturated rings. The Kier molecular flexibility index (Phi) is 6.84. The summed E-state index contributed by atoms with van der Waals surface area (Å²) in [6, 6.07) is 11.5. The molecule has 138 valence electrons. The zero-order valence-corrected chi connectivity index (χ0v) is 14.7. The van der Waals surface area contributed by atoms with Gasteiger partial charge in [-0.2, -0.15) is 0 Å². The van der Waals surface area contributed by atoms with Crippen molar-refractivity contribution in [3.05, 3.63) is 48.0 Å². The molecule has 0 aliphatic carbocycles. The molecule has 7 nitrogen and oxygen atoms in total. The van der Waals surface area contributed by atoms with Crippen LogP contribution in [0.5, 0.6) is 17.2 Å². The maximum Gasteiger partial charge on any atom is 0.341 e. The summed E-state index contributed by atoms with van der Waals surface area (Å²) in [7, 11) is 0. The lowest BCUT2D eigenvalue weighted by Gasteiger charge is -2.13. The molecule has 0 aliphatic rings. The highest BCUT2D eigenvalue weighted by Gasteiger charge is 2.12. The number of carbonyl (C=O) groups is 2. The van der Waals surface area contributed by atoms with Crippen molar-refractivity contribution >= 4 is 17.6 Å². The lowest BCUT2D eigenvalue weighted by atomic mass is 10.1. The molecule has 0 aromatic heterocycles. The summed E-state index contributed by atoms with van der Waals surface area (Å²) in [5.41, 5.74) is 0.901. The van der Waals surface area contributed by atoms with Crippen molar-refractivity contribution in [2.24, 2.45) is 0 Å². The van der Waals surface area contributed by atoms with Gasteiger partial charge in [-0.05, 0) is 44.2 Å². The third-order valence-electron chi connectivity index (χ3n) is 3.26. The van der Waals surface area contributed by atoms with Crippen molar-refractivity contribution in [1.82, 2.24) is 0 Å². The minimum absolute atomic E-state index is 0.329. The summed E-state index contributed by atoms with van der Waals surface area (Å²) >= 11 is 0. The number of nitrogens with one attached hydrogen (secondary N) is 1. The van der Waals surface area contributed by atoms with Crippen molar-refractivity contribution in [1.29, 1.82) is 0 Å². The topological polar surface area (TPSA) is 94.1 Å². The van der Waals surface area contributed by atoms with Crippen LogP contribution in [0.2, 0.25) is 0 Å². The summed E-state index contributed by atoms with van der Waals surface area (Å²) < 4.78 is 16.1. The average molecular weight is 359 g/mol. The van der Waals surface area contributed by atoms with Crippen molar-refractivity contribution in [2.45, 2.75) is 13.8 Å². The van der Waals surface area contributed by atoms with Gasteiger partial charge in [0.15, 0.2) is 18.1 Å². The highest BCUT2D eigenvalue weighted by atomic mass is 16.5. The number of rotatable bonds is 9. The molecule has 0 bridgehead atoms. The van der Waals surface area contributed by atoms with E-state index in [0.717, 1.165) is 0 Å². The first-order valence-corrected chi connectivity index (χ1v) is 8.19. The predicted molar refractivity (Wildman–Crippen MR) is 96.3 cm³/mol. The van der Waals surface area contributed by atoms with E-state index in [0.29, 0.717) is 41.7 Å². The van der Waals surface area contributed by atoms with E-state index in [4.69, 9.17) is 19.3 Å². The monoisotopic (exact) mass is 359 g/mol. The first-order chi connectivity index (χ1) is 12.5. The van der Waals surface area contributed by atoms with Gasteiger partial charge in [-0.3, -0.25) is 4.79 Å². The van der Waals surface area contributed by atoms with Gasteiger partial charge >= 0.3 is 5.97 Å². The van der Waals surface area contributed by atoms with Crippen molar-refractivity contribution in [2.75, 3.05) is 25.1 Å². The third kappa shape index (κ3) is 5.41. The van der Waals surface area contributed by atoms with E-state index >= 15 is 0 Å². The average Bonchev–Trinajstić information content (AvgIpc) is 2.62. The summed E-state index contributed by atoms with van der Waals surface area (Å²) in [6.45, 7) is 4.22. The standard InChI is InChI=1S/C19H21NO6/c1-3-24-16-9-8-13(10-17(16)25-4-2)19(23)20-14-6-5-7-15(11-14)26-12-18(21)22/h5-11H,3-4,12H2,1-2H3,(H,20,23)(H,21,22). The van der Waals surface area contributed by atoms with Crippen LogP contribution in [0.25, 0.3) is 0 Å². The Balaban J connectivity index is 2.13. The number of benzene rings is 2. The fourth-order valence-corrected chi connectivity index (χ4v) is 2.20. The molecule has 0 spiro atoms. The Morgan fingerprint density at radius 2 is 1.69 bits per heavy atom.